The molecular formula is C23H30N2O. The largest absolute Gasteiger partial charge is 0.324 e. The summed E-state index contributed by atoms with van der Waals surface area (Å²) in [6.07, 6.45) is 3.44. The lowest BCUT2D eigenvalue weighted by atomic mass is 9.87. The number of rotatable bonds is 5. The number of fused-ring (bicyclic) bond motifs is 1. The molecule has 0 bridgehead atoms. The zero-order valence-corrected chi connectivity index (χ0v) is 16.4. The van der Waals surface area contributed by atoms with Crippen molar-refractivity contribution in [3.05, 3.63) is 64.7 Å². The number of hydrogen-bond acceptors (Lipinski definition) is 2. The minimum atomic E-state index is 0.0618. The summed E-state index contributed by atoms with van der Waals surface area (Å²) < 4.78 is 0. The molecule has 0 fully saturated rings. The van der Waals surface area contributed by atoms with E-state index < -0.39 is 0 Å². The Hall–Kier alpha value is -2.13. The highest BCUT2D eigenvalue weighted by atomic mass is 16.2. The van der Waals surface area contributed by atoms with Crippen LogP contribution in [-0.2, 0) is 11.2 Å². The first-order chi connectivity index (χ1) is 12.5. The Morgan fingerprint density at radius 1 is 1.19 bits per heavy atom. The molecule has 0 aromatic heterocycles. The molecule has 138 valence electrons. The van der Waals surface area contributed by atoms with E-state index in [1.807, 2.05) is 0 Å². The fourth-order valence-corrected chi connectivity index (χ4v) is 4.04. The van der Waals surface area contributed by atoms with E-state index in [9.17, 15) is 4.79 Å². The fraction of sp³-hybridized carbons (Fsp3) is 0.435. The molecule has 0 radical (unpaired) electrons. The summed E-state index contributed by atoms with van der Waals surface area (Å²) in [6.45, 7) is 6.79. The number of aryl methyl sites for hydroxylation is 2. The predicted molar refractivity (Wildman–Crippen MR) is 109 cm³/mol. The average Bonchev–Trinajstić information content (AvgIpc) is 2.62. The quantitative estimate of drug-likeness (QED) is 0.817. The van der Waals surface area contributed by atoms with Crippen LogP contribution in [0.25, 0.3) is 0 Å². The van der Waals surface area contributed by atoms with Crippen LogP contribution in [0.5, 0.6) is 0 Å². The first-order valence-corrected chi connectivity index (χ1v) is 9.64. The highest BCUT2D eigenvalue weighted by Crippen LogP contribution is 2.33. The van der Waals surface area contributed by atoms with Gasteiger partial charge in [0.2, 0.25) is 5.91 Å². The molecular weight excluding hydrogens is 320 g/mol. The summed E-state index contributed by atoms with van der Waals surface area (Å²) in [6, 6.07) is 15.2. The van der Waals surface area contributed by atoms with E-state index in [4.69, 9.17) is 0 Å². The summed E-state index contributed by atoms with van der Waals surface area (Å²) >= 11 is 0. The van der Waals surface area contributed by atoms with Crippen molar-refractivity contribution in [2.45, 2.75) is 52.0 Å². The third-order valence-corrected chi connectivity index (χ3v) is 5.45. The van der Waals surface area contributed by atoms with Gasteiger partial charge in [-0.2, -0.15) is 0 Å². The van der Waals surface area contributed by atoms with Crippen LogP contribution in [0.15, 0.2) is 42.5 Å². The normalized spacial score (nSPS) is 16.6. The minimum Gasteiger partial charge on any atom is -0.324 e. The Morgan fingerprint density at radius 3 is 2.73 bits per heavy atom. The Balaban J connectivity index is 1.72. The zero-order chi connectivity index (χ0) is 18.7. The molecule has 3 rings (SSSR count). The molecule has 0 aliphatic heterocycles. The first-order valence-electron chi connectivity index (χ1n) is 9.64. The topological polar surface area (TPSA) is 32.3 Å². The van der Waals surface area contributed by atoms with Crippen LogP contribution in [0.1, 0.15) is 60.9 Å². The third kappa shape index (κ3) is 3.99. The first kappa shape index (κ1) is 18.7. The molecule has 3 nitrogen and oxygen atoms in total. The molecule has 0 saturated heterocycles. The number of amides is 1. The monoisotopic (exact) mass is 350 g/mol. The Morgan fingerprint density at radius 2 is 1.96 bits per heavy atom. The summed E-state index contributed by atoms with van der Waals surface area (Å²) in [5, 5.41) is 3.17. The predicted octanol–water partition coefficient (Wildman–Crippen LogP) is 5.07. The highest BCUT2D eigenvalue weighted by molar-refractivity contribution is 5.94. The lowest BCUT2D eigenvalue weighted by Gasteiger charge is -2.33. The number of benzene rings is 2. The van der Waals surface area contributed by atoms with Crippen molar-refractivity contribution in [1.82, 2.24) is 4.90 Å². The molecule has 2 aromatic rings. The summed E-state index contributed by atoms with van der Waals surface area (Å²) in [7, 11) is 2.06. The molecule has 1 aliphatic rings. The Bertz CT molecular complexity index is 782. The van der Waals surface area contributed by atoms with Gasteiger partial charge in [-0.1, -0.05) is 56.3 Å². The number of likely N-dealkylation sites (N-methyl/N-ethyl adjacent to an activating group) is 1. The maximum Gasteiger partial charge on any atom is 0.238 e. The van der Waals surface area contributed by atoms with E-state index >= 15 is 0 Å². The van der Waals surface area contributed by atoms with Crippen LogP contribution in [0, 0.1) is 6.92 Å². The molecule has 1 atom stereocenters. The molecule has 1 amide bonds. The van der Waals surface area contributed by atoms with Gasteiger partial charge in [-0.05, 0) is 61.4 Å². The van der Waals surface area contributed by atoms with Gasteiger partial charge in [-0.3, -0.25) is 9.69 Å². The van der Waals surface area contributed by atoms with Gasteiger partial charge in [0.1, 0.15) is 0 Å². The number of nitrogens with zero attached hydrogens (tertiary/aromatic N) is 1. The molecule has 1 aliphatic carbocycles. The van der Waals surface area contributed by atoms with Gasteiger partial charge in [0.05, 0.1) is 6.54 Å². The van der Waals surface area contributed by atoms with E-state index in [0.717, 1.165) is 24.1 Å². The summed E-state index contributed by atoms with van der Waals surface area (Å²) in [5.74, 6) is 0.444. The van der Waals surface area contributed by atoms with E-state index in [0.29, 0.717) is 18.5 Å². The summed E-state index contributed by atoms with van der Waals surface area (Å²) in [5.41, 5.74) is 6.11. The number of nitrogens with one attached hydrogen (secondary N) is 1. The van der Waals surface area contributed by atoms with Crippen molar-refractivity contribution >= 4 is 11.6 Å². The Labute approximate surface area is 157 Å². The van der Waals surface area contributed by atoms with Crippen molar-refractivity contribution < 1.29 is 4.79 Å². The smallest absolute Gasteiger partial charge is 0.238 e. The molecule has 3 heteroatoms. The number of carbonyl (C=O) groups excluding carboxylic acids is 1. The van der Waals surface area contributed by atoms with Crippen molar-refractivity contribution in [3.63, 3.8) is 0 Å². The van der Waals surface area contributed by atoms with Gasteiger partial charge < -0.3 is 5.32 Å². The van der Waals surface area contributed by atoms with Gasteiger partial charge in [-0.25, -0.2) is 0 Å². The van der Waals surface area contributed by atoms with Crippen molar-refractivity contribution in [2.24, 2.45) is 0 Å². The van der Waals surface area contributed by atoms with E-state index in [2.05, 4.69) is 80.5 Å². The summed E-state index contributed by atoms with van der Waals surface area (Å²) in [4.78, 5) is 14.9. The SMILES string of the molecule is Cc1cccc(C(C)C)c1NC(=O)CN(C)[C@@H]1CCCc2ccccc21. The van der Waals surface area contributed by atoms with Crippen LogP contribution in [0.3, 0.4) is 0 Å². The number of carbonyl (C=O) groups is 1. The van der Waals surface area contributed by atoms with E-state index in [1.165, 1.54) is 23.1 Å². The molecule has 0 spiro atoms. The lowest BCUT2D eigenvalue weighted by molar-refractivity contribution is -0.117. The number of anilines is 1. The van der Waals surface area contributed by atoms with Crippen LogP contribution >= 0.6 is 0 Å². The molecule has 2 aromatic carbocycles. The van der Waals surface area contributed by atoms with Gasteiger partial charge in [0.25, 0.3) is 0 Å². The van der Waals surface area contributed by atoms with Gasteiger partial charge >= 0.3 is 0 Å². The second kappa shape index (κ2) is 8.05. The number of hydrogen-bond donors (Lipinski definition) is 1. The van der Waals surface area contributed by atoms with Crippen molar-refractivity contribution in [1.29, 1.82) is 0 Å². The maximum atomic E-state index is 12.8. The molecule has 0 unspecified atom stereocenters. The second-order valence-electron chi connectivity index (χ2n) is 7.76. The molecule has 0 saturated carbocycles. The van der Waals surface area contributed by atoms with Crippen LogP contribution in [0.2, 0.25) is 0 Å². The number of para-hydroxylation sites is 1. The van der Waals surface area contributed by atoms with E-state index in [1.54, 1.807) is 0 Å². The van der Waals surface area contributed by atoms with Gasteiger partial charge in [0.15, 0.2) is 0 Å². The zero-order valence-electron chi connectivity index (χ0n) is 16.4. The van der Waals surface area contributed by atoms with E-state index in [-0.39, 0.29) is 5.91 Å². The van der Waals surface area contributed by atoms with Crippen LogP contribution in [0.4, 0.5) is 5.69 Å². The van der Waals surface area contributed by atoms with Crippen molar-refractivity contribution in [2.75, 3.05) is 18.9 Å². The second-order valence-corrected chi connectivity index (χ2v) is 7.76. The van der Waals surface area contributed by atoms with Crippen LogP contribution in [-0.4, -0.2) is 24.4 Å². The molecule has 1 N–H and O–H groups in total. The van der Waals surface area contributed by atoms with Gasteiger partial charge in [-0.15, -0.1) is 0 Å². The Kier molecular flexibility index (Phi) is 5.77. The molecule has 26 heavy (non-hydrogen) atoms. The van der Waals surface area contributed by atoms with Gasteiger partial charge in [0, 0.05) is 11.7 Å². The minimum absolute atomic E-state index is 0.0618. The standard InChI is InChI=1S/C23H30N2O/c1-16(2)19-13-7-9-17(3)23(19)24-22(26)15-25(4)21-14-8-11-18-10-5-6-12-20(18)21/h5-7,9-10,12-13,16,21H,8,11,14-15H2,1-4H3,(H,24,26)/t21-/m1/s1. The highest BCUT2D eigenvalue weighted by Gasteiger charge is 2.25. The third-order valence-electron chi connectivity index (χ3n) is 5.45. The van der Waals surface area contributed by atoms with Crippen LogP contribution < -0.4 is 5.32 Å². The lowest BCUT2D eigenvalue weighted by Crippen LogP contribution is -2.35. The fourth-order valence-electron chi connectivity index (χ4n) is 4.04. The average molecular weight is 351 g/mol. The van der Waals surface area contributed by atoms with Crippen molar-refractivity contribution in [3.8, 4) is 0 Å². The molecule has 0 heterocycles. The maximum absolute atomic E-state index is 12.8.